The van der Waals surface area contributed by atoms with E-state index in [2.05, 4.69) is 36.1 Å². The Bertz CT molecular complexity index is 589. The Morgan fingerprint density at radius 2 is 1.95 bits per heavy atom. The summed E-state index contributed by atoms with van der Waals surface area (Å²) in [4.78, 5) is 2.51. The minimum Gasteiger partial charge on any atom is -0.379 e. The van der Waals surface area contributed by atoms with Crippen molar-refractivity contribution >= 4 is 5.57 Å². The molecule has 22 heavy (non-hydrogen) atoms. The summed E-state index contributed by atoms with van der Waals surface area (Å²) in [5.41, 5.74) is 5.96. The number of benzene rings is 1. The Kier molecular flexibility index (Phi) is 3.81. The zero-order valence-electron chi connectivity index (χ0n) is 13.4. The highest BCUT2D eigenvalue weighted by Gasteiger charge is 2.39. The van der Waals surface area contributed by atoms with Gasteiger partial charge in [-0.1, -0.05) is 24.3 Å². The molecule has 0 radical (unpaired) electrons. The van der Waals surface area contributed by atoms with E-state index in [1.54, 1.807) is 5.57 Å². The van der Waals surface area contributed by atoms with E-state index in [4.69, 9.17) is 9.47 Å². The molecule has 1 aromatic carbocycles. The van der Waals surface area contributed by atoms with Gasteiger partial charge in [-0.15, -0.1) is 0 Å². The van der Waals surface area contributed by atoms with Crippen LogP contribution in [0.2, 0.25) is 0 Å². The van der Waals surface area contributed by atoms with Crippen LogP contribution in [0.3, 0.4) is 0 Å². The molecule has 1 aromatic rings. The van der Waals surface area contributed by atoms with Gasteiger partial charge in [0.1, 0.15) is 0 Å². The first-order chi connectivity index (χ1) is 10.8. The molecule has 3 heteroatoms. The monoisotopic (exact) mass is 299 g/mol. The Morgan fingerprint density at radius 1 is 1.14 bits per heavy atom. The van der Waals surface area contributed by atoms with Gasteiger partial charge >= 0.3 is 0 Å². The SMILES string of the molecule is CC1(CCN2CCOCC2)OCCC2=C1Cc1ccccc12. The molecular weight excluding hydrogens is 274 g/mol. The molecule has 4 rings (SSSR count). The van der Waals surface area contributed by atoms with Gasteiger partial charge in [0.2, 0.25) is 0 Å². The maximum absolute atomic E-state index is 6.29. The molecule has 0 saturated carbocycles. The highest BCUT2D eigenvalue weighted by Crippen LogP contribution is 2.45. The van der Waals surface area contributed by atoms with Gasteiger partial charge < -0.3 is 9.47 Å². The maximum atomic E-state index is 6.29. The summed E-state index contributed by atoms with van der Waals surface area (Å²) in [7, 11) is 0. The third kappa shape index (κ3) is 2.51. The van der Waals surface area contributed by atoms with Gasteiger partial charge in [0.05, 0.1) is 25.4 Å². The Labute approximate surface area is 132 Å². The first-order valence-corrected chi connectivity index (χ1v) is 8.51. The van der Waals surface area contributed by atoms with E-state index in [0.717, 1.165) is 58.7 Å². The molecule has 2 heterocycles. The lowest BCUT2D eigenvalue weighted by Crippen LogP contribution is -2.42. The number of nitrogens with zero attached hydrogens (tertiary/aromatic N) is 1. The smallest absolute Gasteiger partial charge is 0.0884 e. The van der Waals surface area contributed by atoms with Crippen LogP contribution in [0.4, 0.5) is 0 Å². The van der Waals surface area contributed by atoms with Crippen LogP contribution in [0, 0.1) is 0 Å². The number of hydrogen-bond acceptors (Lipinski definition) is 3. The molecule has 3 aliphatic rings. The van der Waals surface area contributed by atoms with Gasteiger partial charge in [0.15, 0.2) is 0 Å². The predicted molar refractivity (Wildman–Crippen MR) is 87.9 cm³/mol. The Hall–Kier alpha value is -1.16. The van der Waals surface area contributed by atoms with Crippen molar-refractivity contribution in [2.24, 2.45) is 0 Å². The van der Waals surface area contributed by atoms with E-state index in [1.807, 2.05) is 0 Å². The van der Waals surface area contributed by atoms with E-state index in [-0.39, 0.29) is 5.60 Å². The minimum absolute atomic E-state index is 0.0924. The van der Waals surface area contributed by atoms with Crippen molar-refractivity contribution in [1.82, 2.24) is 4.90 Å². The van der Waals surface area contributed by atoms with Gasteiger partial charge in [0, 0.05) is 19.6 Å². The van der Waals surface area contributed by atoms with Crippen LogP contribution in [0.1, 0.15) is 30.9 Å². The van der Waals surface area contributed by atoms with E-state index in [9.17, 15) is 0 Å². The van der Waals surface area contributed by atoms with Crippen molar-refractivity contribution in [2.75, 3.05) is 39.5 Å². The summed E-state index contributed by atoms with van der Waals surface area (Å²) in [6, 6.07) is 8.87. The average molecular weight is 299 g/mol. The van der Waals surface area contributed by atoms with Crippen LogP contribution in [-0.2, 0) is 15.9 Å². The largest absolute Gasteiger partial charge is 0.379 e. The Balaban J connectivity index is 1.53. The number of rotatable bonds is 3. The number of fused-ring (bicyclic) bond motifs is 2. The van der Waals surface area contributed by atoms with Gasteiger partial charge in [-0.2, -0.15) is 0 Å². The molecule has 1 atom stereocenters. The lowest BCUT2D eigenvalue weighted by Gasteiger charge is -2.38. The van der Waals surface area contributed by atoms with Crippen molar-refractivity contribution in [2.45, 2.75) is 31.8 Å². The molecule has 0 spiro atoms. The second-order valence-electron chi connectivity index (χ2n) is 6.82. The fourth-order valence-electron chi connectivity index (χ4n) is 4.11. The predicted octanol–water partition coefficient (Wildman–Crippen LogP) is 2.90. The van der Waals surface area contributed by atoms with Crippen LogP contribution >= 0.6 is 0 Å². The molecular formula is C19H25NO2. The number of ether oxygens (including phenoxy) is 2. The van der Waals surface area contributed by atoms with Crippen LogP contribution < -0.4 is 0 Å². The van der Waals surface area contributed by atoms with Crippen LogP contribution in [0.15, 0.2) is 29.8 Å². The first kappa shape index (κ1) is 14.4. The summed E-state index contributed by atoms with van der Waals surface area (Å²) < 4.78 is 11.7. The van der Waals surface area contributed by atoms with Gasteiger partial charge in [-0.25, -0.2) is 0 Å². The van der Waals surface area contributed by atoms with Crippen molar-refractivity contribution in [3.8, 4) is 0 Å². The van der Waals surface area contributed by atoms with Crippen LogP contribution in [0.5, 0.6) is 0 Å². The van der Waals surface area contributed by atoms with E-state index < -0.39 is 0 Å². The second-order valence-corrected chi connectivity index (χ2v) is 6.82. The highest BCUT2D eigenvalue weighted by atomic mass is 16.5. The van der Waals surface area contributed by atoms with Gasteiger partial charge in [-0.05, 0) is 48.5 Å². The lowest BCUT2D eigenvalue weighted by atomic mass is 9.85. The number of morpholine rings is 1. The van der Waals surface area contributed by atoms with Crippen LogP contribution in [-0.4, -0.2) is 50.0 Å². The van der Waals surface area contributed by atoms with Gasteiger partial charge in [-0.3, -0.25) is 4.90 Å². The molecule has 2 aliphatic heterocycles. The molecule has 118 valence electrons. The zero-order chi connectivity index (χ0) is 15.0. The molecule has 1 aliphatic carbocycles. The third-order valence-corrected chi connectivity index (χ3v) is 5.49. The van der Waals surface area contributed by atoms with Crippen molar-refractivity contribution in [1.29, 1.82) is 0 Å². The van der Waals surface area contributed by atoms with Gasteiger partial charge in [0.25, 0.3) is 0 Å². The van der Waals surface area contributed by atoms with E-state index >= 15 is 0 Å². The third-order valence-electron chi connectivity index (χ3n) is 5.49. The fourth-order valence-corrected chi connectivity index (χ4v) is 4.11. The highest BCUT2D eigenvalue weighted by molar-refractivity contribution is 5.78. The first-order valence-electron chi connectivity index (χ1n) is 8.51. The van der Waals surface area contributed by atoms with E-state index in [0.29, 0.717) is 0 Å². The molecule has 0 bridgehead atoms. The Morgan fingerprint density at radius 3 is 2.82 bits per heavy atom. The summed E-state index contributed by atoms with van der Waals surface area (Å²) in [5, 5.41) is 0. The van der Waals surface area contributed by atoms with E-state index in [1.165, 1.54) is 16.7 Å². The van der Waals surface area contributed by atoms with Crippen LogP contribution in [0.25, 0.3) is 5.57 Å². The summed E-state index contributed by atoms with van der Waals surface area (Å²) >= 11 is 0. The average Bonchev–Trinajstić information content (AvgIpc) is 2.95. The quantitative estimate of drug-likeness (QED) is 0.856. The molecule has 1 fully saturated rings. The molecule has 1 saturated heterocycles. The second kappa shape index (κ2) is 5.80. The molecule has 0 amide bonds. The summed E-state index contributed by atoms with van der Waals surface area (Å²) in [5.74, 6) is 0. The van der Waals surface area contributed by atoms with Crippen molar-refractivity contribution in [3.05, 3.63) is 41.0 Å². The lowest BCUT2D eigenvalue weighted by molar-refractivity contribution is -0.0290. The topological polar surface area (TPSA) is 21.7 Å². The van der Waals surface area contributed by atoms with Crippen molar-refractivity contribution < 1.29 is 9.47 Å². The zero-order valence-corrected chi connectivity index (χ0v) is 13.4. The summed E-state index contributed by atoms with van der Waals surface area (Å²) in [6.07, 6.45) is 3.23. The standard InChI is InChI=1S/C19H25NO2/c1-19(7-8-20-9-12-21-13-10-20)18-14-15-4-2-3-5-16(15)17(18)6-11-22-19/h2-5H,6-14H2,1H3. The maximum Gasteiger partial charge on any atom is 0.0884 e. The molecule has 0 N–H and O–H groups in total. The fraction of sp³-hybridized carbons (Fsp3) is 0.579. The summed E-state index contributed by atoms with van der Waals surface area (Å²) in [6.45, 7) is 8.12. The molecule has 3 nitrogen and oxygen atoms in total. The van der Waals surface area contributed by atoms with Crippen molar-refractivity contribution in [3.63, 3.8) is 0 Å². The number of hydrogen-bond donors (Lipinski definition) is 0. The molecule has 0 aromatic heterocycles. The molecule has 1 unspecified atom stereocenters. The minimum atomic E-state index is -0.0924. The normalized spacial score (nSPS) is 28.6.